The Morgan fingerprint density at radius 2 is 1.54 bits per heavy atom. The number of para-hydroxylation sites is 1. The smallest absolute Gasteiger partial charge is 0.265 e. The molecule has 0 atom stereocenters. The lowest BCUT2D eigenvalue weighted by molar-refractivity contribution is 0.403. The van der Waals surface area contributed by atoms with Gasteiger partial charge in [0.1, 0.15) is 22.1 Å². The van der Waals surface area contributed by atoms with Crippen molar-refractivity contribution in [1.82, 2.24) is 0 Å². The zero-order valence-corrected chi connectivity index (χ0v) is 15.4. The van der Waals surface area contributed by atoms with Crippen molar-refractivity contribution in [2.75, 3.05) is 11.8 Å². The zero-order chi connectivity index (χ0) is 18.6. The molecule has 134 valence electrons. The molecule has 0 aliphatic rings. The van der Waals surface area contributed by atoms with Crippen molar-refractivity contribution in [3.63, 3.8) is 0 Å². The van der Waals surface area contributed by atoms with Crippen LogP contribution in [0.25, 0.3) is 0 Å². The van der Waals surface area contributed by atoms with Crippen LogP contribution in [0.2, 0.25) is 5.02 Å². The minimum absolute atomic E-state index is 0.0305. The van der Waals surface area contributed by atoms with Crippen molar-refractivity contribution in [3.05, 3.63) is 77.8 Å². The summed E-state index contributed by atoms with van der Waals surface area (Å²) < 4.78 is 38.6. The minimum Gasteiger partial charge on any atom is -0.495 e. The lowest BCUT2D eigenvalue weighted by Gasteiger charge is -2.12. The molecule has 7 heteroatoms. The van der Waals surface area contributed by atoms with Gasteiger partial charge >= 0.3 is 0 Å². The maximum atomic E-state index is 12.6. The second kappa shape index (κ2) is 7.68. The molecule has 3 aromatic rings. The number of nitrogens with one attached hydrogen (secondary N) is 1. The Balaban J connectivity index is 1.79. The summed E-state index contributed by atoms with van der Waals surface area (Å²) >= 11 is 5.92. The highest BCUT2D eigenvalue weighted by Gasteiger charge is 2.20. The number of hydrogen-bond acceptors (Lipinski definition) is 4. The summed E-state index contributed by atoms with van der Waals surface area (Å²) in [6.07, 6.45) is 0. The minimum atomic E-state index is -3.85. The van der Waals surface area contributed by atoms with Crippen molar-refractivity contribution in [3.8, 4) is 17.2 Å². The Morgan fingerprint density at radius 3 is 2.19 bits per heavy atom. The fraction of sp³-hybridized carbons (Fsp3) is 0.0526. The van der Waals surface area contributed by atoms with Gasteiger partial charge in [0.25, 0.3) is 10.0 Å². The van der Waals surface area contributed by atoms with Gasteiger partial charge in [-0.1, -0.05) is 29.8 Å². The molecular formula is C19H16ClNO4S. The molecule has 0 aliphatic carbocycles. The van der Waals surface area contributed by atoms with Crippen molar-refractivity contribution < 1.29 is 17.9 Å². The highest BCUT2D eigenvalue weighted by atomic mass is 35.5. The first-order valence-corrected chi connectivity index (χ1v) is 9.53. The van der Waals surface area contributed by atoms with Crippen LogP contribution in [0.4, 0.5) is 5.69 Å². The third-order valence-electron chi connectivity index (χ3n) is 3.50. The maximum Gasteiger partial charge on any atom is 0.265 e. The van der Waals surface area contributed by atoms with Gasteiger partial charge in [-0.2, -0.15) is 0 Å². The standard InChI is InChI=1S/C19H16ClNO4S/c1-24-18-12-7-14(20)13-19(18)26(22,23)21-15-8-10-17(11-9-15)25-16-5-3-2-4-6-16/h2-13,21H,1H3. The van der Waals surface area contributed by atoms with Crippen molar-refractivity contribution in [2.24, 2.45) is 0 Å². The number of hydrogen-bond donors (Lipinski definition) is 1. The van der Waals surface area contributed by atoms with E-state index in [2.05, 4.69) is 4.72 Å². The predicted molar refractivity (Wildman–Crippen MR) is 102 cm³/mol. The van der Waals surface area contributed by atoms with Crippen LogP contribution >= 0.6 is 11.6 Å². The molecule has 0 aliphatic heterocycles. The number of ether oxygens (including phenoxy) is 2. The molecule has 0 saturated carbocycles. The average molecular weight is 390 g/mol. The van der Waals surface area contributed by atoms with Crippen LogP contribution in [-0.2, 0) is 10.0 Å². The van der Waals surface area contributed by atoms with E-state index in [0.717, 1.165) is 0 Å². The summed E-state index contributed by atoms with van der Waals surface area (Å²) in [7, 11) is -2.45. The molecular weight excluding hydrogens is 374 g/mol. The summed E-state index contributed by atoms with van der Waals surface area (Å²) in [5.41, 5.74) is 0.396. The molecule has 3 rings (SSSR count). The molecule has 1 N–H and O–H groups in total. The van der Waals surface area contributed by atoms with Crippen LogP contribution in [0.5, 0.6) is 17.2 Å². The highest BCUT2D eigenvalue weighted by Crippen LogP contribution is 2.29. The van der Waals surface area contributed by atoms with E-state index in [1.54, 1.807) is 30.3 Å². The zero-order valence-electron chi connectivity index (χ0n) is 13.8. The van der Waals surface area contributed by atoms with Crippen LogP contribution in [0.3, 0.4) is 0 Å². The van der Waals surface area contributed by atoms with E-state index in [0.29, 0.717) is 22.2 Å². The van der Waals surface area contributed by atoms with Gasteiger partial charge in [-0.25, -0.2) is 8.42 Å². The van der Waals surface area contributed by atoms with Crippen LogP contribution in [0, 0.1) is 0 Å². The Labute approximate surface area is 157 Å². The van der Waals surface area contributed by atoms with Crippen molar-refractivity contribution >= 4 is 27.3 Å². The second-order valence-electron chi connectivity index (χ2n) is 5.34. The van der Waals surface area contributed by atoms with Gasteiger partial charge in [-0.05, 0) is 54.6 Å². The van der Waals surface area contributed by atoms with Gasteiger partial charge in [-0.15, -0.1) is 0 Å². The molecule has 0 bridgehead atoms. The first-order chi connectivity index (χ1) is 12.5. The molecule has 0 radical (unpaired) electrons. The number of anilines is 1. The Kier molecular flexibility index (Phi) is 5.35. The number of benzene rings is 3. The summed E-state index contributed by atoms with van der Waals surface area (Å²) in [4.78, 5) is -0.0305. The number of methoxy groups -OCH3 is 1. The topological polar surface area (TPSA) is 64.6 Å². The SMILES string of the molecule is COc1ccc(Cl)cc1S(=O)(=O)Nc1ccc(Oc2ccccc2)cc1. The number of halogens is 1. The summed E-state index contributed by atoms with van der Waals surface area (Å²) in [5.74, 6) is 1.51. The first-order valence-electron chi connectivity index (χ1n) is 7.67. The van der Waals surface area contributed by atoms with E-state index >= 15 is 0 Å². The number of rotatable bonds is 6. The Hall–Kier alpha value is -2.70. The second-order valence-corrected chi connectivity index (χ2v) is 7.43. The van der Waals surface area contributed by atoms with Gasteiger partial charge in [0.2, 0.25) is 0 Å². The molecule has 3 aromatic carbocycles. The molecule has 0 heterocycles. The Morgan fingerprint density at radius 1 is 0.885 bits per heavy atom. The highest BCUT2D eigenvalue weighted by molar-refractivity contribution is 7.92. The molecule has 0 spiro atoms. The van der Waals surface area contributed by atoms with E-state index in [1.807, 2.05) is 30.3 Å². The van der Waals surface area contributed by atoms with E-state index in [1.165, 1.54) is 19.2 Å². The molecule has 26 heavy (non-hydrogen) atoms. The monoisotopic (exact) mass is 389 g/mol. The van der Waals surface area contributed by atoms with Crippen LogP contribution in [0.1, 0.15) is 0 Å². The van der Waals surface area contributed by atoms with E-state index < -0.39 is 10.0 Å². The van der Waals surface area contributed by atoms with E-state index in [-0.39, 0.29) is 10.6 Å². The number of sulfonamides is 1. The fourth-order valence-corrected chi connectivity index (χ4v) is 3.78. The van der Waals surface area contributed by atoms with Crippen LogP contribution in [0.15, 0.2) is 77.7 Å². The molecule has 5 nitrogen and oxygen atoms in total. The molecule has 0 saturated heterocycles. The van der Waals surface area contributed by atoms with Gasteiger partial charge in [0.15, 0.2) is 0 Å². The van der Waals surface area contributed by atoms with Gasteiger partial charge in [0, 0.05) is 10.7 Å². The molecule has 0 unspecified atom stereocenters. The third-order valence-corrected chi connectivity index (χ3v) is 5.14. The first kappa shape index (κ1) is 18.1. The molecule has 0 amide bonds. The van der Waals surface area contributed by atoms with Crippen molar-refractivity contribution in [1.29, 1.82) is 0 Å². The molecule has 0 fully saturated rings. The molecule has 0 aromatic heterocycles. The lowest BCUT2D eigenvalue weighted by atomic mass is 10.3. The van der Waals surface area contributed by atoms with Crippen LogP contribution in [-0.4, -0.2) is 15.5 Å². The Bertz CT molecular complexity index is 990. The summed E-state index contributed by atoms with van der Waals surface area (Å²) in [6.45, 7) is 0. The summed E-state index contributed by atoms with van der Waals surface area (Å²) in [5, 5.41) is 0.304. The lowest BCUT2D eigenvalue weighted by Crippen LogP contribution is -2.14. The quantitative estimate of drug-likeness (QED) is 0.648. The third kappa shape index (κ3) is 4.28. The summed E-state index contributed by atoms with van der Waals surface area (Å²) in [6, 6.07) is 20.3. The predicted octanol–water partition coefficient (Wildman–Crippen LogP) is 4.94. The van der Waals surface area contributed by atoms with Gasteiger partial charge < -0.3 is 9.47 Å². The van der Waals surface area contributed by atoms with Gasteiger partial charge in [-0.3, -0.25) is 4.72 Å². The van der Waals surface area contributed by atoms with E-state index in [9.17, 15) is 8.42 Å². The van der Waals surface area contributed by atoms with E-state index in [4.69, 9.17) is 21.1 Å². The van der Waals surface area contributed by atoms with Crippen molar-refractivity contribution in [2.45, 2.75) is 4.90 Å². The van der Waals surface area contributed by atoms with Crippen LogP contribution < -0.4 is 14.2 Å². The van der Waals surface area contributed by atoms with Gasteiger partial charge in [0.05, 0.1) is 7.11 Å². The normalized spacial score (nSPS) is 11.0. The fourth-order valence-electron chi connectivity index (χ4n) is 2.29. The average Bonchev–Trinajstić information content (AvgIpc) is 2.64. The largest absolute Gasteiger partial charge is 0.495 e. The maximum absolute atomic E-state index is 12.6.